The summed E-state index contributed by atoms with van der Waals surface area (Å²) in [5.74, 6) is -0.500. The van der Waals surface area contributed by atoms with Crippen LogP contribution >= 0.6 is 23.2 Å². The minimum Gasteiger partial charge on any atom is -0.460 e. The molecule has 0 aliphatic rings. The summed E-state index contributed by atoms with van der Waals surface area (Å²) in [5, 5.41) is 0.764. The minimum absolute atomic E-state index is 0.193. The maximum absolute atomic E-state index is 11.5. The molecule has 0 radical (unpaired) electrons. The summed E-state index contributed by atoms with van der Waals surface area (Å²) in [7, 11) is 1.53. The molecule has 0 N–H and O–H groups in total. The summed E-state index contributed by atoms with van der Waals surface area (Å²) in [6, 6.07) is 4.63. The van der Waals surface area contributed by atoms with Crippen molar-refractivity contribution >= 4 is 29.2 Å². The van der Waals surface area contributed by atoms with Crippen LogP contribution in [0.1, 0.15) is 10.4 Å². The van der Waals surface area contributed by atoms with Crippen LogP contribution in [0.2, 0.25) is 10.0 Å². The van der Waals surface area contributed by atoms with Crippen molar-refractivity contribution in [3.8, 4) is 0 Å². The predicted molar refractivity (Wildman–Crippen MR) is 58.6 cm³/mol. The van der Waals surface area contributed by atoms with E-state index >= 15 is 0 Å². The topological polar surface area (TPSA) is 35.5 Å². The molecular weight excluding hydrogens is 239 g/mol. The van der Waals surface area contributed by atoms with Gasteiger partial charge < -0.3 is 9.47 Å². The number of halogens is 2. The number of ether oxygens (including phenoxy) is 2. The Balaban J connectivity index is 2.68. The molecule has 0 heterocycles. The Bertz CT molecular complexity index is 353. The molecule has 3 nitrogen and oxygen atoms in total. The highest BCUT2D eigenvalue weighted by molar-refractivity contribution is 6.35. The quantitative estimate of drug-likeness (QED) is 0.608. The highest BCUT2D eigenvalue weighted by Gasteiger charge is 2.11. The van der Waals surface area contributed by atoms with Gasteiger partial charge in [-0.25, -0.2) is 4.79 Å². The monoisotopic (exact) mass is 248 g/mol. The lowest BCUT2D eigenvalue weighted by atomic mass is 10.2. The van der Waals surface area contributed by atoms with E-state index in [2.05, 4.69) is 0 Å². The van der Waals surface area contributed by atoms with Gasteiger partial charge in [0.05, 0.1) is 17.2 Å². The van der Waals surface area contributed by atoms with Crippen molar-refractivity contribution in [3.63, 3.8) is 0 Å². The van der Waals surface area contributed by atoms with Gasteiger partial charge in [0.2, 0.25) is 0 Å². The molecule has 1 rings (SSSR count). The summed E-state index contributed by atoms with van der Waals surface area (Å²) in [4.78, 5) is 11.5. The average molecular weight is 249 g/mol. The molecule has 0 atom stereocenters. The van der Waals surface area contributed by atoms with Gasteiger partial charge in [-0.1, -0.05) is 23.2 Å². The SMILES string of the molecule is COCCOC(=O)c1cc(Cl)ccc1Cl. The van der Waals surface area contributed by atoms with Gasteiger partial charge in [0.25, 0.3) is 0 Å². The van der Waals surface area contributed by atoms with Gasteiger partial charge in [-0.15, -0.1) is 0 Å². The van der Waals surface area contributed by atoms with Gasteiger partial charge in [-0.2, -0.15) is 0 Å². The van der Waals surface area contributed by atoms with Crippen molar-refractivity contribution < 1.29 is 14.3 Å². The lowest BCUT2D eigenvalue weighted by Gasteiger charge is -2.05. The molecule has 0 unspecified atom stereocenters. The van der Waals surface area contributed by atoms with Gasteiger partial charge in [0, 0.05) is 12.1 Å². The number of benzene rings is 1. The van der Waals surface area contributed by atoms with E-state index in [9.17, 15) is 4.79 Å². The molecule has 0 bridgehead atoms. The predicted octanol–water partition coefficient (Wildman–Crippen LogP) is 2.80. The van der Waals surface area contributed by atoms with E-state index in [0.717, 1.165) is 0 Å². The number of hydrogen-bond acceptors (Lipinski definition) is 3. The van der Waals surface area contributed by atoms with Crippen molar-refractivity contribution in [1.29, 1.82) is 0 Å². The first-order valence-corrected chi connectivity index (χ1v) is 5.02. The lowest BCUT2D eigenvalue weighted by Crippen LogP contribution is -2.10. The zero-order chi connectivity index (χ0) is 11.3. The van der Waals surface area contributed by atoms with E-state index in [1.54, 1.807) is 12.1 Å². The molecule has 5 heteroatoms. The van der Waals surface area contributed by atoms with Crippen molar-refractivity contribution in [2.24, 2.45) is 0 Å². The second kappa shape index (κ2) is 5.95. The zero-order valence-electron chi connectivity index (χ0n) is 8.13. The molecule has 15 heavy (non-hydrogen) atoms. The highest BCUT2D eigenvalue weighted by atomic mass is 35.5. The van der Waals surface area contributed by atoms with Crippen LogP contribution in [0.15, 0.2) is 18.2 Å². The van der Waals surface area contributed by atoms with E-state index < -0.39 is 5.97 Å². The van der Waals surface area contributed by atoms with Gasteiger partial charge >= 0.3 is 5.97 Å². The fraction of sp³-hybridized carbons (Fsp3) is 0.300. The zero-order valence-corrected chi connectivity index (χ0v) is 9.64. The van der Waals surface area contributed by atoms with Crippen LogP contribution in [0, 0.1) is 0 Å². The molecule has 0 aromatic heterocycles. The van der Waals surface area contributed by atoms with Gasteiger partial charge in [-0.05, 0) is 18.2 Å². The van der Waals surface area contributed by atoms with Crippen molar-refractivity contribution in [2.45, 2.75) is 0 Å². The number of carbonyl (C=O) groups excluding carboxylic acids is 1. The number of esters is 1. The van der Waals surface area contributed by atoms with Crippen LogP contribution in [0.25, 0.3) is 0 Å². The Hall–Kier alpha value is -0.770. The van der Waals surface area contributed by atoms with Crippen molar-refractivity contribution in [3.05, 3.63) is 33.8 Å². The Morgan fingerprint density at radius 2 is 2.07 bits per heavy atom. The first kappa shape index (κ1) is 12.3. The van der Waals surface area contributed by atoms with Crippen LogP contribution in [0.4, 0.5) is 0 Å². The third-order valence-corrected chi connectivity index (χ3v) is 2.23. The molecule has 0 aliphatic carbocycles. The van der Waals surface area contributed by atoms with E-state index in [-0.39, 0.29) is 12.2 Å². The average Bonchev–Trinajstić information content (AvgIpc) is 2.22. The van der Waals surface area contributed by atoms with E-state index in [1.807, 2.05) is 0 Å². The maximum atomic E-state index is 11.5. The third-order valence-electron chi connectivity index (χ3n) is 1.67. The van der Waals surface area contributed by atoms with Gasteiger partial charge in [0.1, 0.15) is 6.61 Å². The lowest BCUT2D eigenvalue weighted by molar-refractivity contribution is 0.0388. The third kappa shape index (κ3) is 3.70. The van der Waals surface area contributed by atoms with Gasteiger partial charge in [0.15, 0.2) is 0 Å². The fourth-order valence-electron chi connectivity index (χ4n) is 0.949. The molecule has 0 saturated heterocycles. The van der Waals surface area contributed by atoms with E-state index in [0.29, 0.717) is 16.7 Å². The first-order chi connectivity index (χ1) is 7.15. The normalized spacial score (nSPS) is 10.1. The molecule has 0 spiro atoms. The maximum Gasteiger partial charge on any atom is 0.339 e. The van der Waals surface area contributed by atoms with Crippen molar-refractivity contribution in [2.75, 3.05) is 20.3 Å². The molecule has 82 valence electrons. The Morgan fingerprint density at radius 3 is 2.73 bits per heavy atom. The fourth-order valence-corrected chi connectivity index (χ4v) is 1.32. The smallest absolute Gasteiger partial charge is 0.339 e. The molecule has 0 amide bonds. The summed E-state index contributed by atoms with van der Waals surface area (Å²) < 4.78 is 9.64. The van der Waals surface area contributed by atoms with Crippen LogP contribution in [-0.2, 0) is 9.47 Å². The van der Waals surface area contributed by atoms with E-state index in [4.69, 9.17) is 32.7 Å². The largest absolute Gasteiger partial charge is 0.460 e. The summed E-state index contributed by atoms with van der Waals surface area (Å²) in [6.45, 7) is 0.544. The molecule has 0 aliphatic heterocycles. The minimum atomic E-state index is -0.500. The number of rotatable bonds is 4. The summed E-state index contributed by atoms with van der Waals surface area (Å²) in [5.41, 5.74) is 0.264. The molecule has 1 aromatic rings. The Labute approximate surface area is 97.9 Å². The standard InChI is InChI=1S/C10H10Cl2O3/c1-14-4-5-15-10(13)8-6-7(11)2-3-9(8)12/h2-3,6H,4-5H2,1H3. The van der Waals surface area contributed by atoms with Crippen LogP contribution in [0.3, 0.4) is 0 Å². The van der Waals surface area contributed by atoms with Crippen LogP contribution in [0.5, 0.6) is 0 Å². The Kier molecular flexibility index (Phi) is 4.88. The number of methoxy groups -OCH3 is 1. The summed E-state index contributed by atoms with van der Waals surface area (Å²) >= 11 is 11.5. The number of carbonyl (C=O) groups is 1. The molecule has 1 aromatic carbocycles. The summed E-state index contributed by atoms with van der Waals surface area (Å²) in [6.07, 6.45) is 0. The molecular formula is C10H10Cl2O3. The van der Waals surface area contributed by atoms with Crippen LogP contribution in [-0.4, -0.2) is 26.3 Å². The molecule has 0 saturated carbocycles. The van der Waals surface area contributed by atoms with E-state index in [1.165, 1.54) is 13.2 Å². The first-order valence-electron chi connectivity index (χ1n) is 4.26. The highest BCUT2D eigenvalue weighted by Crippen LogP contribution is 2.21. The number of hydrogen-bond donors (Lipinski definition) is 0. The Morgan fingerprint density at radius 1 is 1.33 bits per heavy atom. The second-order valence-corrected chi connectivity index (χ2v) is 3.60. The van der Waals surface area contributed by atoms with Crippen LogP contribution < -0.4 is 0 Å². The second-order valence-electron chi connectivity index (χ2n) is 2.75. The molecule has 0 fully saturated rings. The van der Waals surface area contributed by atoms with Gasteiger partial charge in [-0.3, -0.25) is 0 Å². The van der Waals surface area contributed by atoms with Crippen molar-refractivity contribution in [1.82, 2.24) is 0 Å².